The van der Waals surface area contributed by atoms with Gasteiger partial charge in [-0.2, -0.15) is 0 Å². The molecule has 0 amide bonds. The number of benzene rings is 2. The number of hydrogen-bond donors (Lipinski definition) is 0. The van der Waals surface area contributed by atoms with Crippen molar-refractivity contribution in [1.29, 1.82) is 0 Å². The zero-order valence-electron chi connectivity index (χ0n) is 24.3. The minimum Gasteiger partial charge on any atom is -0.493 e. The first kappa shape index (κ1) is 30.0. The topological polar surface area (TPSA) is 108 Å². The molecule has 2 aromatic rings. The smallest absolute Gasteiger partial charge is 0.308 e. The van der Waals surface area contributed by atoms with Gasteiger partial charge in [-0.25, -0.2) is 0 Å². The molecule has 10 nitrogen and oxygen atoms in total. The second kappa shape index (κ2) is 11.7. The van der Waals surface area contributed by atoms with E-state index >= 15 is 0 Å². The zero-order chi connectivity index (χ0) is 29.1. The highest BCUT2D eigenvalue weighted by molar-refractivity contribution is 5.74. The summed E-state index contributed by atoms with van der Waals surface area (Å²) in [4.78, 5) is 23.6. The average Bonchev–Trinajstić information content (AvgIpc) is 3.17. The van der Waals surface area contributed by atoms with Crippen molar-refractivity contribution in [2.24, 2.45) is 5.92 Å². The van der Waals surface area contributed by atoms with Crippen molar-refractivity contribution in [3.8, 4) is 34.5 Å². The summed E-state index contributed by atoms with van der Waals surface area (Å²) in [6, 6.07) is 6.98. The zero-order valence-corrected chi connectivity index (χ0v) is 24.3. The van der Waals surface area contributed by atoms with Crippen molar-refractivity contribution in [2.45, 2.75) is 65.5 Å². The molecule has 2 aromatic carbocycles. The van der Waals surface area contributed by atoms with Crippen molar-refractivity contribution >= 4 is 11.9 Å². The van der Waals surface area contributed by atoms with Gasteiger partial charge in [0.2, 0.25) is 11.5 Å². The van der Waals surface area contributed by atoms with Crippen LogP contribution >= 0.6 is 0 Å². The maximum Gasteiger partial charge on any atom is 0.308 e. The predicted molar refractivity (Wildman–Crippen MR) is 142 cm³/mol. The predicted octanol–water partition coefficient (Wildman–Crippen LogP) is 5.01. The van der Waals surface area contributed by atoms with Gasteiger partial charge in [-0.05, 0) is 62.1 Å². The molecule has 0 saturated carbocycles. The number of carbonyl (C=O) groups is 2. The fourth-order valence-corrected chi connectivity index (χ4v) is 4.84. The summed E-state index contributed by atoms with van der Waals surface area (Å²) < 4.78 is 46.3. The Morgan fingerprint density at radius 1 is 0.769 bits per heavy atom. The van der Waals surface area contributed by atoms with E-state index in [0.717, 1.165) is 0 Å². The van der Waals surface area contributed by atoms with Crippen LogP contribution in [0.1, 0.15) is 59.1 Å². The van der Waals surface area contributed by atoms with Crippen molar-refractivity contribution in [1.82, 2.24) is 0 Å². The van der Waals surface area contributed by atoms with Gasteiger partial charge in [0.05, 0.1) is 34.0 Å². The molecule has 0 bridgehead atoms. The Hall–Kier alpha value is -3.50. The maximum absolute atomic E-state index is 11.8. The van der Waals surface area contributed by atoms with Gasteiger partial charge in [0, 0.05) is 20.3 Å². The summed E-state index contributed by atoms with van der Waals surface area (Å²) in [5.74, 6) is 0.251. The van der Waals surface area contributed by atoms with Crippen molar-refractivity contribution < 1.29 is 47.5 Å². The molecule has 3 rings (SSSR count). The normalized spacial score (nSPS) is 18.3. The van der Waals surface area contributed by atoms with Gasteiger partial charge < -0.3 is 37.9 Å². The van der Waals surface area contributed by atoms with E-state index in [4.69, 9.17) is 37.9 Å². The van der Waals surface area contributed by atoms with Crippen LogP contribution in [0.5, 0.6) is 34.5 Å². The molecule has 2 unspecified atom stereocenters. The fraction of sp³-hybridized carbons (Fsp3) is 0.517. The van der Waals surface area contributed by atoms with E-state index in [1.807, 2.05) is 27.7 Å². The van der Waals surface area contributed by atoms with Gasteiger partial charge in [0.25, 0.3) is 0 Å². The first-order chi connectivity index (χ1) is 18.3. The van der Waals surface area contributed by atoms with Gasteiger partial charge in [-0.1, -0.05) is 6.92 Å². The quantitative estimate of drug-likeness (QED) is 0.314. The Balaban J connectivity index is 2.35. The molecular formula is C29H38O10. The minimum absolute atomic E-state index is 0.146. The van der Waals surface area contributed by atoms with E-state index < -0.39 is 29.4 Å². The Kier molecular flexibility index (Phi) is 9.02. The van der Waals surface area contributed by atoms with Gasteiger partial charge in [-0.3, -0.25) is 9.59 Å². The molecule has 1 heterocycles. The van der Waals surface area contributed by atoms with E-state index in [1.54, 1.807) is 24.3 Å². The van der Waals surface area contributed by atoms with E-state index in [0.29, 0.717) is 17.5 Å². The molecule has 214 valence electrons. The molecule has 0 N–H and O–H groups in total. The van der Waals surface area contributed by atoms with Gasteiger partial charge in [0.1, 0.15) is 5.60 Å². The fourth-order valence-electron chi connectivity index (χ4n) is 4.84. The third-order valence-corrected chi connectivity index (χ3v) is 6.31. The lowest BCUT2D eigenvalue weighted by molar-refractivity contribution is -0.206. The molecule has 1 aliphatic heterocycles. The summed E-state index contributed by atoms with van der Waals surface area (Å²) >= 11 is 0. The number of carbonyl (C=O) groups excluding carboxylic acids is 2. The highest BCUT2D eigenvalue weighted by atomic mass is 16.7. The second-order valence-electron chi connectivity index (χ2n) is 10.3. The number of hydrogen-bond acceptors (Lipinski definition) is 10. The third kappa shape index (κ3) is 6.23. The van der Waals surface area contributed by atoms with Crippen molar-refractivity contribution in [2.75, 3.05) is 28.4 Å². The van der Waals surface area contributed by atoms with E-state index in [1.165, 1.54) is 42.3 Å². The van der Waals surface area contributed by atoms with Gasteiger partial charge >= 0.3 is 11.9 Å². The lowest BCUT2D eigenvalue weighted by atomic mass is 9.76. The summed E-state index contributed by atoms with van der Waals surface area (Å²) in [5.41, 5.74) is -0.280. The Morgan fingerprint density at radius 2 is 1.13 bits per heavy atom. The standard InChI is InChI=1S/C29H38O10/c1-16-11-25(38-28(4,5)6)39-29(16,19-12-21(32-7)26(36-17(2)30)22(13-19)33-8)20-14-23(34-9)27(37-18(3)31)24(15-20)35-10/h12-16,25H,11H2,1-10H3. The summed E-state index contributed by atoms with van der Waals surface area (Å²) in [6.07, 6.45) is -0.000482. The number of ether oxygens (including phenoxy) is 8. The minimum atomic E-state index is -1.12. The Morgan fingerprint density at radius 3 is 1.41 bits per heavy atom. The van der Waals surface area contributed by atoms with Crippen molar-refractivity contribution in [3.05, 3.63) is 35.4 Å². The maximum atomic E-state index is 11.8. The molecule has 0 aromatic heterocycles. The van der Waals surface area contributed by atoms with Crippen LogP contribution in [0.25, 0.3) is 0 Å². The molecule has 0 radical (unpaired) electrons. The largest absolute Gasteiger partial charge is 0.493 e. The van der Waals surface area contributed by atoms with Crippen molar-refractivity contribution in [3.63, 3.8) is 0 Å². The molecule has 10 heteroatoms. The van der Waals surface area contributed by atoms with E-state index in [-0.39, 0.29) is 40.4 Å². The van der Waals surface area contributed by atoms with Crippen LogP contribution in [0.3, 0.4) is 0 Å². The molecule has 1 aliphatic rings. The average molecular weight is 547 g/mol. The molecule has 1 saturated heterocycles. The van der Waals surface area contributed by atoms with E-state index in [9.17, 15) is 9.59 Å². The Bertz CT molecular complexity index is 1090. The Labute approximate surface area is 229 Å². The third-order valence-electron chi connectivity index (χ3n) is 6.31. The first-order valence-corrected chi connectivity index (χ1v) is 12.5. The molecular weight excluding hydrogens is 508 g/mol. The van der Waals surface area contributed by atoms with Gasteiger partial charge in [0.15, 0.2) is 29.3 Å². The highest BCUT2D eigenvalue weighted by Crippen LogP contribution is 2.55. The van der Waals surface area contributed by atoms with Crippen LogP contribution in [0, 0.1) is 5.92 Å². The molecule has 0 spiro atoms. The molecule has 39 heavy (non-hydrogen) atoms. The lowest BCUT2D eigenvalue weighted by Crippen LogP contribution is -2.35. The van der Waals surface area contributed by atoms with Crippen LogP contribution in [0.2, 0.25) is 0 Å². The summed E-state index contributed by atoms with van der Waals surface area (Å²) in [7, 11) is 5.90. The number of methoxy groups -OCH3 is 4. The first-order valence-electron chi connectivity index (χ1n) is 12.5. The van der Waals surface area contributed by atoms with Crippen LogP contribution in [0.15, 0.2) is 24.3 Å². The lowest BCUT2D eigenvalue weighted by Gasteiger charge is -2.36. The molecule has 2 atom stereocenters. The summed E-state index contributed by atoms with van der Waals surface area (Å²) in [5, 5.41) is 0. The monoisotopic (exact) mass is 546 g/mol. The van der Waals surface area contributed by atoms with Crippen LogP contribution in [-0.2, 0) is 24.7 Å². The van der Waals surface area contributed by atoms with Crippen LogP contribution in [-0.4, -0.2) is 52.3 Å². The second-order valence-corrected chi connectivity index (χ2v) is 10.3. The van der Waals surface area contributed by atoms with Crippen LogP contribution in [0.4, 0.5) is 0 Å². The SMILES string of the molecule is COc1cc(C2(c3cc(OC)c(OC(C)=O)c(OC)c3)OC(OC(C)(C)C)CC2C)cc(OC)c1OC(C)=O. The molecule has 1 fully saturated rings. The summed E-state index contributed by atoms with van der Waals surface area (Å²) in [6.45, 7) is 10.5. The number of esters is 2. The van der Waals surface area contributed by atoms with Crippen LogP contribution < -0.4 is 28.4 Å². The van der Waals surface area contributed by atoms with E-state index in [2.05, 4.69) is 0 Å². The van der Waals surface area contributed by atoms with Gasteiger partial charge in [-0.15, -0.1) is 0 Å². The number of rotatable bonds is 9. The highest BCUT2D eigenvalue weighted by Gasteiger charge is 2.51. The molecule has 0 aliphatic carbocycles.